The second kappa shape index (κ2) is 10.1. The molecular weight excluding hydrogens is 430 g/mol. The number of carbonyl (C=O) groups is 2. The van der Waals surface area contributed by atoms with Crippen LogP contribution in [-0.4, -0.2) is 34.9 Å². The van der Waals surface area contributed by atoms with Crippen LogP contribution in [0.4, 0.5) is 4.39 Å². The van der Waals surface area contributed by atoms with Crippen LogP contribution in [0.5, 0.6) is 5.75 Å². The van der Waals surface area contributed by atoms with Crippen molar-refractivity contribution in [3.8, 4) is 5.75 Å². The summed E-state index contributed by atoms with van der Waals surface area (Å²) in [6.07, 6.45) is 0. The fourth-order valence-corrected chi connectivity index (χ4v) is 3.14. The van der Waals surface area contributed by atoms with Crippen molar-refractivity contribution in [2.24, 2.45) is 0 Å². The van der Waals surface area contributed by atoms with Crippen molar-refractivity contribution in [3.05, 3.63) is 63.9 Å². The van der Waals surface area contributed by atoms with Gasteiger partial charge in [0, 0.05) is 22.7 Å². The first-order valence-corrected chi connectivity index (χ1v) is 10.2. The largest absolute Gasteiger partial charge is 0.482 e. The van der Waals surface area contributed by atoms with Crippen molar-refractivity contribution in [3.63, 3.8) is 0 Å². The second-order valence-electron chi connectivity index (χ2n) is 7.89. The van der Waals surface area contributed by atoms with Crippen molar-refractivity contribution < 1.29 is 18.7 Å². The number of carbonyl (C=O) groups excluding carboxylic acids is 2. The highest BCUT2D eigenvalue weighted by Crippen LogP contribution is 2.27. The zero-order chi connectivity index (χ0) is 22.5. The summed E-state index contributed by atoms with van der Waals surface area (Å²) in [5.74, 6) is -1.01. The van der Waals surface area contributed by atoms with Crippen LogP contribution in [0.3, 0.4) is 0 Å². The van der Waals surface area contributed by atoms with Crippen molar-refractivity contribution >= 4 is 35.0 Å². The first kappa shape index (κ1) is 24.0. The predicted octanol–water partition coefficient (Wildman–Crippen LogP) is 4.84. The molecule has 2 aromatic carbocycles. The van der Waals surface area contributed by atoms with Gasteiger partial charge in [-0.15, -0.1) is 0 Å². The molecule has 1 N–H and O–H groups in total. The molecule has 0 saturated heterocycles. The number of nitrogens with one attached hydrogen (secondary N) is 1. The van der Waals surface area contributed by atoms with E-state index in [9.17, 15) is 14.0 Å². The third-order valence-electron chi connectivity index (χ3n) is 4.21. The molecule has 2 amide bonds. The zero-order valence-electron chi connectivity index (χ0n) is 17.3. The molecule has 0 saturated carbocycles. The monoisotopic (exact) mass is 454 g/mol. The summed E-state index contributed by atoms with van der Waals surface area (Å²) in [5, 5.41) is 3.54. The Labute approximate surface area is 186 Å². The maximum atomic E-state index is 14.2. The van der Waals surface area contributed by atoms with Crippen LogP contribution >= 0.6 is 23.2 Å². The SMILES string of the molecule is CC(C(=O)NC(C)(C)C)N(Cc1ccccc1F)C(=O)COc1ccc(Cl)cc1Cl. The zero-order valence-corrected chi connectivity index (χ0v) is 18.9. The fraction of sp³-hybridized carbons (Fsp3) is 0.364. The molecule has 1 unspecified atom stereocenters. The van der Waals surface area contributed by atoms with Gasteiger partial charge >= 0.3 is 0 Å². The molecule has 8 heteroatoms. The molecule has 2 rings (SSSR count). The number of rotatable bonds is 7. The van der Waals surface area contributed by atoms with Gasteiger partial charge in [-0.3, -0.25) is 9.59 Å². The van der Waals surface area contributed by atoms with E-state index in [2.05, 4.69) is 5.32 Å². The van der Waals surface area contributed by atoms with Gasteiger partial charge in [0.05, 0.1) is 5.02 Å². The van der Waals surface area contributed by atoms with E-state index in [1.807, 2.05) is 20.8 Å². The van der Waals surface area contributed by atoms with Crippen molar-refractivity contribution in [2.45, 2.75) is 45.8 Å². The van der Waals surface area contributed by atoms with Crippen molar-refractivity contribution in [1.29, 1.82) is 0 Å². The summed E-state index contributed by atoms with van der Waals surface area (Å²) in [5.41, 5.74) is -0.184. The maximum Gasteiger partial charge on any atom is 0.261 e. The standard InChI is InChI=1S/C22H25Cl2FN2O3/c1-14(21(29)26-22(2,3)4)27(12-15-7-5-6-8-18(15)25)20(28)13-30-19-10-9-16(23)11-17(19)24/h5-11,14H,12-13H2,1-4H3,(H,26,29). The lowest BCUT2D eigenvalue weighted by Gasteiger charge is -2.31. The molecule has 162 valence electrons. The van der Waals surface area contributed by atoms with Gasteiger partial charge in [0.2, 0.25) is 5.91 Å². The van der Waals surface area contributed by atoms with Gasteiger partial charge in [-0.1, -0.05) is 41.4 Å². The second-order valence-corrected chi connectivity index (χ2v) is 8.74. The average molecular weight is 455 g/mol. The number of benzene rings is 2. The number of halogens is 3. The highest BCUT2D eigenvalue weighted by Gasteiger charge is 2.29. The van der Waals surface area contributed by atoms with Gasteiger partial charge in [0.25, 0.3) is 5.91 Å². The van der Waals surface area contributed by atoms with Crippen LogP contribution in [0, 0.1) is 5.82 Å². The molecule has 0 aromatic heterocycles. The van der Waals surface area contributed by atoms with E-state index in [4.69, 9.17) is 27.9 Å². The van der Waals surface area contributed by atoms with E-state index in [-0.39, 0.29) is 29.8 Å². The Morgan fingerprint density at radius 3 is 2.43 bits per heavy atom. The summed E-state index contributed by atoms with van der Waals surface area (Å²) in [6.45, 7) is 6.66. The van der Waals surface area contributed by atoms with Crippen LogP contribution in [0.1, 0.15) is 33.3 Å². The lowest BCUT2D eigenvalue weighted by Crippen LogP contribution is -2.53. The maximum absolute atomic E-state index is 14.2. The average Bonchev–Trinajstić information content (AvgIpc) is 2.64. The number of hydrogen-bond donors (Lipinski definition) is 1. The molecule has 1 atom stereocenters. The molecule has 30 heavy (non-hydrogen) atoms. The normalized spacial score (nSPS) is 12.2. The predicted molar refractivity (Wildman–Crippen MR) is 116 cm³/mol. The molecule has 0 aliphatic rings. The van der Waals surface area contributed by atoms with E-state index in [1.54, 1.807) is 37.3 Å². The number of hydrogen-bond acceptors (Lipinski definition) is 3. The smallest absolute Gasteiger partial charge is 0.261 e. The number of ether oxygens (including phenoxy) is 1. The molecule has 0 spiro atoms. The molecule has 5 nitrogen and oxygen atoms in total. The van der Waals surface area contributed by atoms with Crippen LogP contribution in [0.15, 0.2) is 42.5 Å². The summed E-state index contributed by atoms with van der Waals surface area (Å²) < 4.78 is 19.7. The summed E-state index contributed by atoms with van der Waals surface area (Å²) >= 11 is 11.9. The molecule has 0 fully saturated rings. The van der Waals surface area contributed by atoms with E-state index in [0.29, 0.717) is 10.6 Å². The first-order chi connectivity index (χ1) is 14.0. The fourth-order valence-electron chi connectivity index (χ4n) is 2.68. The van der Waals surface area contributed by atoms with Crippen molar-refractivity contribution in [1.82, 2.24) is 10.2 Å². The van der Waals surface area contributed by atoms with Gasteiger partial charge in [-0.2, -0.15) is 0 Å². The number of amides is 2. The topological polar surface area (TPSA) is 58.6 Å². The summed E-state index contributed by atoms with van der Waals surface area (Å²) in [4.78, 5) is 26.9. The van der Waals surface area contributed by atoms with Gasteiger partial charge in [0.1, 0.15) is 17.6 Å². The minimum absolute atomic E-state index is 0.0814. The summed E-state index contributed by atoms with van der Waals surface area (Å²) in [6, 6.07) is 9.90. The minimum Gasteiger partial charge on any atom is -0.482 e. The van der Waals surface area contributed by atoms with E-state index < -0.39 is 23.3 Å². The molecule has 0 radical (unpaired) electrons. The van der Waals surface area contributed by atoms with Crippen LogP contribution in [0.2, 0.25) is 10.0 Å². The lowest BCUT2D eigenvalue weighted by atomic mass is 10.1. The Balaban J connectivity index is 2.21. The molecular formula is C22H25Cl2FN2O3. The Kier molecular flexibility index (Phi) is 8.10. The van der Waals surface area contributed by atoms with Crippen LogP contribution in [0.25, 0.3) is 0 Å². The quantitative estimate of drug-likeness (QED) is 0.650. The van der Waals surface area contributed by atoms with Crippen LogP contribution < -0.4 is 10.1 Å². The first-order valence-electron chi connectivity index (χ1n) is 9.40. The lowest BCUT2D eigenvalue weighted by molar-refractivity contribution is -0.142. The molecule has 0 heterocycles. The summed E-state index contributed by atoms with van der Waals surface area (Å²) in [7, 11) is 0. The van der Waals surface area contributed by atoms with E-state index >= 15 is 0 Å². The highest BCUT2D eigenvalue weighted by atomic mass is 35.5. The van der Waals surface area contributed by atoms with Gasteiger partial charge in [-0.05, 0) is 52.0 Å². The molecule has 0 aliphatic carbocycles. The number of nitrogens with zero attached hydrogens (tertiary/aromatic N) is 1. The van der Waals surface area contributed by atoms with Gasteiger partial charge in [-0.25, -0.2) is 4.39 Å². The third kappa shape index (κ3) is 6.89. The molecule has 0 aliphatic heterocycles. The highest BCUT2D eigenvalue weighted by molar-refractivity contribution is 6.35. The molecule has 2 aromatic rings. The van der Waals surface area contributed by atoms with Gasteiger partial charge < -0.3 is 15.0 Å². The van der Waals surface area contributed by atoms with Crippen molar-refractivity contribution in [2.75, 3.05) is 6.61 Å². The van der Waals surface area contributed by atoms with Gasteiger partial charge in [0.15, 0.2) is 6.61 Å². The van der Waals surface area contributed by atoms with E-state index in [1.165, 1.54) is 17.0 Å². The van der Waals surface area contributed by atoms with E-state index in [0.717, 1.165) is 0 Å². The minimum atomic E-state index is -0.847. The Bertz CT molecular complexity index is 915. The molecule has 0 bridgehead atoms. The van der Waals surface area contributed by atoms with Crippen LogP contribution in [-0.2, 0) is 16.1 Å². The Morgan fingerprint density at radius 2 is 1.83 bits per heavy atom. The third-order valence-corrected chi connectivity index (χ3v) is 4.74. The Morgan fingerprint density at radius 1 is 1.17 bits per heavy atom. The Hall–Kier alpha value is -2.31.